The van der Waals surface area contributed by atoms with E-state index in [2.05, 4.69) is 4.90 Å². The Morgan fingerprint density at radius 2 is 2.00 bits per heavy atom. The summed E-state index contributed by atoms with van der Waals surface area (Å²) >= 11 is 0. The zero-order valence-electron chi connectivity index (χ0n) is 10.9. The van der Waals surface area contributed by atoms with Crippen LogP contribution in [0.4, 0.5) is 4.79 Å². The summed E-state index contributed by atoms with van der Waals surface area (Å²) in [7, 11) is 2.02. The van der Waals surface area contributed by atoms with E-state index in [0.29, 0.717) is 6.04 Å². The van der Waals surface area contributed by atoms with Crippen molar-refractivity contribution in [3.8, 4) is 0 Å². The molecule has 0 aliphatic carbocycles. The Bertz CT molecular complexity index is 275. The van der Waals surface area contributed by atoms with Gasteiger partial charge in [-0.05, 0) is 33.9 Å². The van der Waals surface area contributed by atoms with Gasteiger partial charge in [-0.3, -0.25) is 0 Å². The molecule has 1 heterocycles. The molecule has 1 fully saturated rings. The number of likely N-dealkylation sites (tertiary alicyclic amines) is 1. The molecule has 1 rings (SSSR count). The van der Waals surface area contributed by atoms with Crippen molar-refractivity contribution >= 4 is 6.09 Å². The third kappa shape index (κ3) is 3.43. The second-order valence-corrected chi connectivity index (χ2v) is 5.19. The number of hydrogen-bond acceptors (Lipinski definition) is 3. The summed E-state index contributed by atoms with van der Waals surface area (Å²) in [4.78, 5) is 15.5. The lowest BCUT2D eigenvalue weighted by Crippen LogP contribution is -2.59. The summed E-state index contributed by atoms with van der Waals surface area (Å²) < 4.78 is 5.28. The molecular formula is C12H22N2O2. The maximum absolute atomic E-state index is 11.6. The highest BCUT2D eigenvalue weighted by Gasteiger charge is 2.34. The Kier molecular flexibility index (Phi) is 3.83. The topological polar surface area (TPSA) is 32.8 Å². The van der Waals surface area contributed by atoms with Crippen LogP contribution < -0.4 is 0 Å². The highest BCUT2D eigenvalue weighted by atomic mass is 16.6. The fourth-order valence-electron chi connectivity index (χ4n) is 1.55. The first-order chi connectivity index (χ1) is 7.33. The van der Waals surface area contributed by atoms with Gasteiger partial charge in [0.25, 0.3) is 0 Å². The van der Waals surface area contributed by atoms with Gasteiger partial charge in [-0.15, -0.1) is 0 Å². The minimum absolute atomic E-state index is 0.211. The van der Waals surface area contributed by atoms with Crippen LogP contribution in [0.15, 0.2) is 12.3 Å². The van der Waals surface area contributed by atoms with Crippen molar-refractivity contribution in [1.29, 1.82) is 0 Å². The molecule has 0 unspecified atom stereocenters. The summed E-state index contributed by atoms with van der Waals surface area (Å²) in [6.07, 6.45) is 3.81. The van der Waals surface area contributed by atoms with Crippen molar-refractivity contribution in [3.05, 3.63) is 12.3 Å². The maximum Gasteiger partial charge on any atom is 0.410 e. The predicted octanol–water partition coefficient (Wildman–Crippen LogP) is 2.07. The first-order valence-corrected chi connectivity index (χ1v) is 5.66. The van der Waals surface area contributed by atoms with Crippen LogP contribution in [0, 0.1) is 0 Å². The van der Waals surface area contributed by atoms with Crippen LogP contribution in [0.3, 0.4) is 0 Å². The third-order valence-electron chi connectivity index (χ3n) is 2.47. The number of likely N-dealkylation sites (N-methyl/N-ethyl adjacent to an activating group) is 1. The molecule has 0 atom stereocenters. The van der Waals surface area contributed by atoms with Crippen LogP contribution in [0.25, 0.3) is 0 Å². The fraction of sp³-hybridized carbons (Fsp3) is 0.750. The molecule has 0 saturated carbocycles. The first-order valence-electron chi connectivity index (χ1n) is 5.66. The fourth-order valence-corrected chi connectivity index (χ4v) is 1.55. The van der Waals surface area contributed by atoms with E-state index < -0.39 is 5.60 Å². The van der Waals surface area contributed by atoms with Crippen molar-refractivity contribution in [3.63, 3.8) is 0 Å². The number of carbonyl (C=O) groups is 1. The lowest BCUT2D eigenvalue weighted by molar-refractivity contribution is -0.00470. The van der Waals surface area contributed by atoms with Gasteiger partial charge < -0.3 is 14.5 Å². The van der Waals surface area contributed by atoms with E-state index in [-0.39, 0.29) is 6.09 Å². The van der Waals surface area contributed by atoms with Gasteiger partial charge in [0.1, 0.15) is 5.60 Å². The van der Waals surface area contributed by atoms with Gasteiger partial charge >= 0.3 is 6.09 Å². The van der Waals surface area contributed by atoms with Crippen molar-refractivity contribution in [1.82, 2.24) is 9.80 Å². The van der Waals surface area contributed by atoms with Gasteiger partial charge in [0, 0.05) is 20.1 Å². The van der Waals surface area contributed by atoms with E-state index in [1.807, 2.05) is 47.0 Å². The molecule has 1 aliphatic rings. The molecule has 1 saturated heterocycles. The molecule has 0 aromatic heterocycles. The summed E-state index contributed by atoms with van der Waals surface area (Å²) in [5.41, 5.74) is -0.405. The number of nitrogens with zero attached hydrogens (tertiary/aromatic N) is 2. The minimum Gasteiger partial charge on any atom is -0.444 e. The Labute approximate surface area is 97.9 Å². The summed E-state index contributed by atoms with van der Waals surface area (Å²) in [5.74, 6) is 0. The standard InChI is InChI=1S/C12H22N2O2/c1-6-7-13(5)10-8-14(9-10)11(15)16-12(2,3)4/h6-7,10H,8-9H2,1-5H3. The number of ether oxygens (including phenoxy) is 1. The SMILES string of the molecule is CC=CN(C)C1CN(C(=O)OC(C)(C)C)C1. The Hall–Kier alpha value is -1.19. The van der Waals surface area contributed by atoms with Gasteiger partial charge in [0.2, 0.25) is 0 Å². The number of rotatable bonds is 2. The van der Waals surface area contributed by atoms with E-state index in [1.165, 1.54) is 0 Å². The van der Waals surface area contributed by atoms with Crippen LogP contribution in [0.1, 0.15) is 27.7 Å². The van der Waals surface area contributed by atoms with Crippen LogP contribution in [0.5, 0.6) is 0 Å². The lowest BCUT2D eigenvalue weighted by atomic mass is 10.1. The molecule has 0 bridgehead atoms. The van der Waals surface area contributed by atoms with E-state index in [1.54, 1.807) is 4.90 Å². The second-order valence-electron chi connectivity index (χ2n) is 5.19. The zero-order chi connectivity index (χ0) is 12.3. The van der Waals surface area contributed by atoms with E-state index in [4.69, 9.17) is 4.74 Å². The van der Waals surface area contributed by atoms with Gasteiger partial charge in [-0.1, -0.05) is 6.08 Å². The van der Waals surface area contributed by atoms with Crippen molar-refractivity contribution in [2.45, 2.75) is 39.3 Å². The maximum atomic E-state index is 11.6. The molecule has 0 aromatic rings. The van der Waals surface area contributed by atoms with Crippen molar-refractivity contribution in [2.24, 2.45) is 0 Å². The van der Waals surface area contributed by atoms with Crippen LogP contribution in [0.2, 0.25) is 0 Å². The smallest absolute Gasteiger partial charge is 0.410 e. The molecule has 92 valence electrons. The average Bonchev–Trinajstić information content (AvgIpc) is 1.97. The Morgan fingerprint density at radius 1 is 1.44 bits per heavy atom. The molecular weight excluding hydrogens is 204 g/mol. The molecule has 4 heteroatoms. The first kappa shape index (κ1) is 12.9. The molecule has 1 aliphatic heterocycles. The van der Waals surface area contributed by atoms with Crippen LogP contribution >= 0.6 is 0 Å². The molecule has 0 aromatic carbocycles. The quantitative estimate of drug-likeness (QED) is 0.722. The molecule has 4 nitrogen and oxygen atoms in total. The molecule has 0 N–H and O–H groups in total. The summed E-state index contributed by atoms with van der Waals surface area (Å²) in [6, 6.07) is 0.420. The molecule has 0 radical (unpaired) electrons. The van der Waals surface area contributed by atoms with E-state index in [0.717, 1.165) is 13.1 Å². The second kappa shape index (κ2) is 4.76. The van der Waals surface area contributed by atoms with Gasteiger partial charge in [0.05, 0.1) is 6.04 Å². The largest absolute Gasteiger partial charge is 0.444 e. The highest BCUT2D eigenvalue weighted by molar-refractivity contribution is 5.69. The number of allylic oxidation sites excluding steroid dienone is 1. The van der Waals surface area contributed by atoms with Gasteiger partial charge in [-0.25, -0.2) is 4.79 Å². The van der Waals surface area contributed by atoms with E-state index >= 15 is 0 Å². The van der Waals surface area contributed by atoms with Crippen molar-refractivity contribution < 1.29 is 9.53 Å². The monoisotopic (exact) mass is 226 g/mol. The third-order valence-corrected chi connectivity index (χ3v) is 2.47. The van der Waals surface area contributed by atoms with E-state index in [9.17, 15) is 4.79 Å². The van der Waals surface area contributed by atoms with Crippen molar-refractivity contribution in [2.75, 3.05) is 20.1 Å². The lowest BCUT2D eigenvalue weighted by Gasteiger charge is -2.43. The minimum atomic E-state index is -0.405. The van der Waals surface area contributed by atoms with Gasteiger partial charge in [-0.2, -0.15) is 0 Å². The Balaban J connectivity index is 2.33. The predicted molar refractivity (Wildman–Crippen MR) is 64.2 cm³/mol. The molecule has 0 spiro atoms. The van der Waals surface area contributed by atoms with Gasteiger partial charge in [0.15, 0.2) is 0 Å². The summed E-state index contributed by atoms with van der Waals surface area (Å²) in [6.45, 7) is 9.13. The summed E-state index contributed by atoms with van der Waals surface area (Å²) in [5, 5.41) is 0. The van der Waals surface area contributed by atoms with Crippen LogP contribution in [-0.2, 0) is 4.74 Å². The molecule has 1 amide bonds. The number of amides is 1. The average molecular weight is 226 g/mol. The number of hydrogen-bond donors (Lipinski definition) is 0. The molecule has 16 heavy (non-hydrogen) atoms. The Morgan fingerprint density at radius 3 is 2.44 bits per heavy atom. The zero-order valence-corrected chi connectivity index (χ0v) is 10.9. The number of carbonyl (C=O) groups excluding carboxylic acids is 1. The normalized spacial score (nSPS) is 17.4. The van der Waals surface area contributed by atoms with Crippen LogP contribution in [-0.4, -0.2) is 47.7 Å². The highest BCUT2D eigenvalue weighted by Crippen LogP contribution is 2.18.